The van der Waals surface area contributed by atoms with Gasteiger partial charge in [-0.1, -0.05) is 0 Å². The zero-order valence-electron chi connectivity index (χ0n) is 15.4. The van der Waals surface area contributed by atoms with E-state index in [0.29, 0.717) is 24.5 Å². The second-order valence-electron chi connectivity index (χ2n) is 6.19. The molecular weight excluding hydrogens is 340 g/mol. The molecule has 0 atom stereocenters. The van der Waals surface area contributed by atoms with E-state index in [9.17, 15) is 14.9 Å². The summed E-state index contributed by atoms with van der Waals surface area (Å²) >= 11 is 0. The van der Waals surface area contributed by atoms with Crippen LogP contribution in [0.4, 0.5) is 5.69 Å². The minimum atomic E-state index is -0.445. The van der Waals surface area contributed by atoms with E-state index in [1.54, 1.807) is 26.1 Å². The predicted octanol–water partition coefficient (Wildman–Crippen LogP) is 1.66. The first-order chi connectivity index (χ1) is 12.3. The molecule has 0 aromatic carbocycles. The SMILES string of the molecule is Cc1nn(Cn2ccc(C(=O)NCCCOC(C)C)n2)c(C)c1[N+](=O)[O-]. The van der Waals surface area contributed by atoms with Crippen LogP contribution in [0.1, 0.15) is 42.1 Å². The zero-order valence-corrected chi connectivity index (χ0v) is 15.4. The second kappa shape index (κ2) is 8.56. The van der Waals surface area contributed by atoms with Crippen molar-refractivity contribution in [2.24, 2.45) is 0 Å². The average Bonchev–Trinajstić information content (AvgIpc) is 3.12. The maximum absolute atomic E-state index is 12.1. The Morgan fingerprint density at radius 3 is 2.73 bits per heavy atom. The molecule has 0 aliphatic carbocycles. The van der Waals surface area contributed by atoms with Gasteiger partial charge in [0.05, 0.1) is 11.0 Å². The number of ether oxygens (including phenoxy) is 1. The summed E-state index contributed by atoms with van der Waals surface area (Å²) in [6, 6.07) is 1.60. The number of amides is 1. The van der Waals surface area contributed by atoms with Crippen LogP contribution in [-0.4, -0.2) is 49.6 Å². The third kappa shape index (κ3) is 4.88. The summed E-state index contributed by atoms with van der Waals surface area (Å²) in [6.45, 7) is 8.42. The molecule has 2 aromatic rings. The van der Waals surface area contributed by atoms with Crippen molar-refractivity contribution in [2.45, 2.75) is 46.9 Å². The van der Waals surface area contributed by atoms with Crippen molar-refractivity contribution < 1.29 is 14.5 Å². The third-order valence-corrected chi connectivity index (χ3v) is 3.74. The first-order valence-corrected chi connectivity index (χ1v) is 8.41. The Hall–Kier alpha value is -2.75. The number of hydrogen-bond donors (Lipinski definition) is 1. The molecule has 0 unspecified atom stereocenters. The van der Waals surface area contributed by atoms with E-state index >= 15 is 0 Å². The highest BCUT2D eigenvalue weighted by atomic mass is 16.6. The van der Waals surface area contributed by atoms with E-state index in [2.05, 4.69) is 15.5 Å². The number of nitrogens with zero attached hydrogens (tertiary/aromatic N) is 5. The van der Waals surface area contributed by atoms with Crippen molar-refractivity contribution >= 4 is 11.6 Å². The molecule has 0 radical (unpaired) electrons. The molecule has 10 heteroatoms. The summed E-state index contributed by atoms with van der Waals surface area (Å²) in [5.74, 6) is -0.271. The van der Waals surface area contributed by atoms with Crippen molar-refractivity contribution in [3.05, 3.63) is 39.5 Å². The maximum atomic E-state index is 12.1. The Morgan fingerprint density at radius 1 is 1.38 bits per heavy atom. The smallest absolute Gasteiger partial charge is 0.312 e. The summed E-state index contributed by atoms with van der Waals surface area (Å²) < 4.78 is 8.42. The van der Waals surface area contributed by atoms with Crippen LogP contribution in [0.5, 0.6) is 0 Å². The van der Waals surface area contributed by atoms with E-state index in [-0.39, 0.29) is 30.1 Å². The minimum absolute atomic E-state index is 0.00117. The predicted molar refractivity (Wildman–Crippen MR) is 94.0 cm³/mol. The summed E-state index contributed by atoms with van der Waals surface area (Å²) in [4.78, 5) is 22.7. The van der Waals surface area contributed by atoms with Crippen LogP contribution < -0.4 is 5.32 Å². The van der Waals surface area contributed by atoms with Gasteiger partial charge >= 0.3 is 5.69 Å². The first-order valence-electron chi connectivity index (χ1n) is 8.41. The normalized spacial score (nSPS) is 11.1. The van der Waals surface area contributed by atoms with Crippen molar-refractivity contribution in [3.8, 4) is 0 Å². The number of carbonyl (C=O) groups excluding carboxylic acids is 1. The molecular formula is C16H24N6O4. The summed E-state index contributed by atoms with van der Waals surface area (Å²) in [5, 5.41) is 22.2. The van der Waals surface area contributed by atoms with Crippen molar-refractivity contribution in [3.63, 3.8) is 0 Å². The summed E-state index contributed by atoms with van der Waals surface area (Å²) in [5.41, 5.74) is 1.07. The largest absolute Gasteiger partial charge is 0.379 e. The van der Waals surface area contributed by atoms with Crippen LogP contribution in [0.3, 0.4) is 0 Å². The van der Waals surface area contributed by atoms with Gasteiger partial charge in [-0.25, -0.2) is 4.68 Å². The Bertz CT molecular complexity index is 780. The van der Waals surface area contributed by atoms with Gasteiger partial charge in [0.25, 0.3) is 5.91 Å². The van der Waals surface area contributed by atoms with Gasteiger partial charge in [0.1, 0.15) is 23.8 Å². The van der Waals surface area contributed by atoms with Crippen molar-refractivity contribution in [1.29, 1.82) is 0 Å². The lowest BCUT2D eigenvalue weighted by molar-refractivity contribution is -0.386. The lowest BCUT2D eigenvalue weighted by atomic mass is 10.3. The van der Waals surface area contributed by atoms with E-state index in [1.807, 2.05) is 13.8 Å². The number of nitro groups is 1. The van der Waals surface area contributed by atoms with Gasteiger partial charge in [0, 0.05) is 19.3 Å². The topological polar surface area (TPSA) is 117 Å². The molecule has 2 rings (SSSR count). The molecule has 1 amide bonds. The fraction of sp³-hybridized carbons (Fsp3) is 0.562. The highest BCUT2D eigenvalue weighted by Gasteiger charge is 2.22. The number of aromatic nitrogens is 4. The average molecular weight is 364 g/mol. The molecule has 0 aliphatic rings. The number of rotatable bonds is 9. The third-order valence-electron chi connectivity index (χ3n) is 3.74. The fourth-order valence-electron chi connectivity index (χ4n) is 2.47. The van der Waals surface area contributed by atoms with Gasteiger partial charge in [0.15, 0.2) is 0 Å². The maximum Gasteiger partial charge on any atom is 0.312 e. The highest BCUT2D eigenvalue weighted by Crippen LogP contribution is 2.21. The molecule has 0 saturated carbocycles. The van der Waals surface area contributed by atoms with Gasteiger partial charge in [-0.3, -0.25) is 19.6 Å². The Kier molecular flexibility index (Phi) is 6.45. The van der Waals surface area contributed by atoms with Gasteiger partial charge < -0.3 is 10.1 Å². The highest BCUT2D eigenvalue weighted by molar-refractivity contribution is 5.92. The minimum Gasteiger partial charge on any atom is -0.379 e. The number of aryl methyl sites for hydroxylation is 1. The molecule has 0 spiro atoms. The first kappa shape index (κ1) is 19.6. The molecule has 0 fully saturated rings. The molecule has 10 nitrogen and oxygen atoms in total. The second-order valence-corrected chi connectivity index (χ2v) is 6.19. The van der Waals surface area contributed by atoms with Crippen LogP contribution >= 0.6 is 0 Å². The number of nitrogens with one attached hydrogen (secondary N) is 1. The molecule has 2 aromatic heterocycles. The van der Waals surface area contributed by atoms with Crippen LogP contribution in [0.2, 0.25) is 0 Å². The molecule has 1 N–H and O–H groups in total. The lowest BCUT2D eigenvalue weighted by Crippen LogP contribution is -2.26. The van der Waals surface area contributed by atoms with Gasteiger partial charge in [-0.2, -0.15) is 10.2 Å². The molecule has 0 aliphatic heterocycles. The fourth-order valence-corrected chi connectivity index (χ4v) is 2.47. The monoisotopic (exact) mass is 364 g/mol. The quantitative estimate of drug-likeness (QED) is 0.411. The van der Waals surface area contributed by atoms with Crippen LogP contribution in [0.25, 0.3) is 0 Å². The van der Waals surface area contributed by atoms with E-state index in [0.717, 1.165) is 6.42 Å². The Balaban J connectivity index is 1.92. The molecule has 26 heavy (non-hydrogen) atoms. The number of hydrogen-bond acceptors (Lipinski definition) is 6. The van der Waals surface area contributed by atoms with Crippen molar-refractivity contribution in [1.82, 2.24) is 24.9 Å². The summed E-state index contributed by atoms with van der Waals surface area (Å²) in [6.07, 6.45) is 2.53. The molecule has 0 bridgehead atoms. The Morgan fingerprint density at radius 2 is 2.12 bits per heavy atom. The standard InChI is InChI=1S/C16H24N6O4/c1-11(2)26-9-5-7-17-16(23)14-6-8-20(19-14)10-21-13(4)15(22(24)25)12(3)18-21/h6,8,11H,5,7,9-10H2,1-4H3,(H,17,23). The molecule has 0 saturated heterocycles. The number of carbonyl (C=O) groups is 1. The van der Waals surface area contributed by atoms with Crippen LogP contribution in [0.15, 0.2) is 12.3 Å². The molecule has 142 valence electrons. The van der Waals surface area contributed by atoms with Gasteiger partial charge in [-0.15, -0.1) is 0 Å². The van der Waals surface area contributed by atoms with Gasteiger partial charge in [-0.05, 0) is 40.2 Å². The van der Waals surface area contributed by atoms with E-state index in [1.165, 1.54) is 9.36 Å². The van der Waals surface area contributed by atoms with E-state index < -0.39 is 4.92 Å². The molecule has 2 heterocycles. The summed E-state index contributed by atoms with van der Waals surface area (Å²) in [7, 11) is 0. The Labute approximate surface area is 151 Å². The lowest BCUT2D eigenvalue weighted by Gasteiger charge is -2.07. The van der Waals surface area contributed by atoms with Crippen LogP contribution in [-0.2, 0) is 11.4 Å². The van der Waals surface area contributed by atoms with E-state index in [4.69, 9.17) is 4.74 Å². The van der Waals surface area contributed by atoms with Crippen LogP contribution in [0, 0.1) is 24.0 Å². The van der Waals surface area contributed by atoms with Crippen molar-refractivity contribution in [2.75, 3.05) is 13.2 Å². The zero-order chi connectivity index (χ0) is 19.3. The van der Waals surface area contributed by atoms with Gasteiger partial charge in [0.2, 0.25) is 0 Å².